The van der Waals surface area contributed by atoms with E-state index in [1.807, 2.05) is 18.3 Å². The summed E-state index contributed by atoms with van der Waals surface area (Å²) in [6, 6.07) is 8.39. The van der Waals surface area contributed by atoms with E-state index in [1.54, 1.807) is 0 Å². The van der Waals surface area contributed by atoms with Gasteiger partial charge in [-0.2, -0.15) is 0 Å². The predicted molar refractivity (Wildman–Crippen MR) is 93.5 cm³/mol. The molecule has 0 saturated carbocycles. The number of imidazole rings is 1. The minimum atomic E-state index is -0.0612. The number of halogens is 1. The summed E-state index contributed by atoms with van der Waals surface area (Å²) in [4.78, 5) is 4.54. The Bertz CT molecular complexity index is 599. The Morgan fingerprint density at radius 3 is 2.41 bits per heavy atom. The van der Waals surface area contributed by atoms with E-state index in [9.17, 15) is 0 Å². The molecule has 3 nitrogen and oxygen atoms in total. The van der Waals surface area contributed by atoms with Gasteiger partial charge in [-0.1, -0.05) is 51.4 Å². The highest BCUT2D eigenvalue weighted by Gasteiger charge is 2.33. The average molecular weight is 320 g/mol. The molecule has 0 radical (unpaired) electrons. The lowest BCUT2D eigenvalue weighted by Gasteiger charge is -2.37. The molecule has 0 aliphatic carbocycles. The Morgan fingerprint density at radius 1 is 1.23 bits per heavy atom. The molecule has 1 aromatic carbocycles. The van der Waals surface area contributed by atoms with E-state index >= 15 is 0 Å². The average Bonchev–Trinajstić information content (AvgIpc) is 2.94. The summed E-state index contributed by atoms with van der Waals surface area (Å²) >= 11 is 6.03. The number of nitrogens with zero attached hydrogens (tertiary/aromatic N) is 2. The van der Waals surface area contributed by atoms with Crippen LogP contribution in [0, 0.1) is 0 Å². The molecule has 2 N–H and O–H groups in total. The SMILES string of the molecule is CC(C)c1nccn1C(CCN)C(C)(C)c1ccc(Cl)cc1. The molecule has 0 aliphatic rings. The third kappa shape index (κ3) is 3.36. The van der Waals surface area contributed by atoms with E-state index in [-0.39, 0.29) is 11.5 Å². The molecule has 2 aromatic rings. The fourth-order valence-corrected chi connectivity index (χ4v) is 3.24. The van der Waals surface area contributed by atoms with E-state index in [4.69, 9.17) is 17.3 Å². The van der Waals surface area contributed by atoms with Gasteiger partial charge in [0.25, 0.3) is 0 Å². The molecular weight excluding hydrogens is 294 g/mol. The van der Waals surface area contributed by atoms with Gasteiger partial charge >= 0.3 is 0 Å². The molecule has 4 heteroatoms. The maximum atomic E-state index is 6.03. The van der Waals surface area contributed by atoms with Crippen molar-refractivity contribution in [2.24, 2.45) is 5.73 Å². The lowest BCUT2D eigenvalue weighted by molar-refractivity contribution is 0.291. The minimum Gasteiger partial charge on any atom is -0.331 e. The normalized spacial score (nSPS) is 13.6. The van der Waals surface area contributed by atoms with E-state index in [1.165, 1.54) is 5.56 Å². The molecule has 1 heterocycles. The third-order valence-corrected chi connectivity index (χ3v) is 4.66. The van der Waals surface area contributed by atoms with Crippen LogP contribution >= 0.6 is 11.6 Å². The second-order valence-corrected chi connectivity index (χ2v) is 7.11. The number of benzene rings is 1. The van der Waals surface area contributed by atoms with Gasteiger partial charge in [0.05, 0.1) is 0 Å². The lowest BCUT2D eigenvalue weighted by atomic mass is 9.76. The molecule has 0 saturated heterocycles. The van der Waals surface area contributed by atoms with Crippen LogP contribution in [0.15, 0.2) is 36.7 Å². The van der Waals surface area contributed by atoms with Crippen LogP contribution in [0.1, 0.15) is 57.5 Å². The highest BCUT2D eigenvalue weighted by molar-refractivity contribution is 6.30. The van der Waals surface area contributed by atoms with Gasteiger partial charge in [0.15, 0.2) is 0 Å². The van der Waals surface area contributed by atoms with E-state index < -0.39 is 0 Å². The van der Waals surface area contributed by atoms with E-state index in [2.05, 4.69) is 55.6 Å². The van der Waals surface area contributed by atoms with Gasteiger partial charge in [-0.15, -0.1) is 0 Å². The summed E-state index contributed by atoms with van der Waals surface area (Å²) in [6.45, 7) is 9.53. The first-order valence-electron chi connectivity index (χ1n) is 7.86. The first kappa shape index (κ1) is 17.0. The fraction of sp³-hybridized carbons (Fsp3) is 0.500. The quantitative estimate of drug-likeness (QED) is 0.850. The molecule has 1 unspecified atom stereocenters. The van der Waals surface area contributed by atoms with Crippen molar-refractivity contribution in [1.29, 1.82) is 0 Å². The monoisotopic (exact) mass is 319 g/mol. The second kappa shape index (κ2) is 6.84. The van der Waals surface area contributed by atoms with Crippen LogP contribution in [-0.2, 0) is 5.41 Å². The fourth-order valence-electron chi connectivity index (χ4n) is 3.11. The van der Waals surface area contributed by atoms with Gasteiger partial charge < -0.3 is 10.3 Å². The lowest BCUT2D eigenvalue weighted by Crippen LogP contribution is -2.34. The van der Waals surface area contributed by atoms with Gasteiger partial charge in [-0.25, -0.2) is 4.98 Å². The van der Waals surface area contributed by atoms with Crippen LogP contribution < -0.4 is 5.73 Å². The molecular formula is C18H26ClN3. The largest absolute Gasteiger partial charge is 0.331 e. The second-order valence-electron chi connectivity index (χ2n) is 6.67. The van der Waals surface area contributed by atoms with Gasteiger partial charge in [-0.3, -0.25) is 0 Å². The predicted octanol–water partition coefficient (Wildman–Crippen LogP) is 4.53. The van der Waals surface area contributed by atoms with Crippen molar-refractivity contribution < 1.29 is 0 Å². The van der Waals surface area contributed by atoms with Gasteiger partial charge in [0.2, 0.25) is 0 Å². The van der Waals surface area contributed by atoms with Crippen LogP contribution in [0.3, 0.4) is 0 Å². The van der Waals surface area contributed by atoms with Crippen molar-refractivity contribution in [3.8, 4) is 0 Å². The molecule has 0 spiro atoms. The molecule has 2 rings (SSSR count). The molecule has 0 fully saturated rings. The van der Waals surface area contributed by atoms with Crippen molar-refractivity contribution in [2.45, 2.75) is 51.5 Å². The third-order valence-electron chi connectivity index (χ3n) is 4.41. The first-order valence-corrected chi connectivity index (χ1v) is 8.24. The smallest absolute Gasteiger partial charge is 0.111 e. The zero-order valence-electron chi connectivity index (χ0n) is 13.9. The highest BCUT2D eigenvalue weighted by atomic mass is 35.5. The Hall–Kier alpha value is -1.32. The molecule has 22 heavy (non-hydrogen) atoms. The zero-order chi connectivity index (χ0) is 16.3. The van der Waals surface area contributed by atoms with Crippen molar-refractivity contribution in [1.82, 2.24) is 9.55 Å². The zero-order valence-corrected chi connectivity index (χ0v) is 14.6. The van der Waals surface area contributed by atoms with Crippen LogP contribution in [0.5, 0.6) is 0 Å². The minimum absolute atomic E-state index is 0.0612. The van der Waals surface area contributed by atoms with Crippen molar-refractivity contribution >= 4 is 11.6 Å². The summed E-state index contributed by atoms with van der Waals surface area (Å²) in [5.41, 5.74) is 7.11. The number of aromatic nitrogens is 2. The van der Waals surface area contributed by atoms with E-state index in [0.29, 0.717) is 12.5 Å². The number of hydrogen-bond donors (Lipinski definition) is 1. The van der Waals surface area contributed by atoms with Crippen LogP contribution in [0.4, 0.5) is 0 Å². The highest BCUT2D eigenvalue weighted by Crippen LogP contribution is 2.39. The molecule has 0 amide bonds. The Kier molecular flexibility index (Phi) is 5.30. The van der Waals surface area contributed by atoms with Crippen LogP contribution in [0.25, 0.3) is 0 Å². The summed E-state index contributed by atoms with van der Waals surface area (Å²) in [5, 5.41) is 0.764. The summed E-state index contributed by atoms with van der Waals surface area (Å²) in [6.07, 6.45) is 4.87. The van der Waals surface area contributed by atoms with Gasteiger partial charge in [0, 0.05) is 34.8 Å². The number of hydrogen-bond acceptors (Lipinski definition) is 2. The maximum absolute atomic E-state index is 6.03. The summed E-state index contributed by atoms with van der Waals surface area (Å²) in [7, 11) is 0. The van der Waals surface area contributed by atoms with Gasteiger partial charge in [-0.05, 0) is 30.7 Å². The topological polar surface area (TPSA) is 43.8 Å². The van der Waals surface area contributed by atoms with Crippen molar-refractivity contribution in [2.75, 3.05) is 6.54 Å². The first-order chi connectivity index (χ1) is 10.4. The van der Waals surface area contributed by atoms with Crippen LogP contribution in [0.2, 0.25) is 5.02 Å². The molecule has 120 valence electrons. The van der Waals surface area contributed by atoms with Crippen molar-refractivity contribution in [3.05, 3.63) is 53.1 Å². The summed E-state index contributed by atoms with van der Waals surface area (Å²) < 4.78 is 2.30. The van der Waals surface area contributed by atoms with E-state index in [0.717, 1.165) is 17.3 Å². The van der Waals surface area contributed by atoms with Crippen LogP contribution in [-0.4, -0.2) is 16.1 Å². The molecule has 1 aromatic heterocycles. The summed E-state index contributed by atoms with van der Waals surface area (Å²) in [5.74, 6) is 1.50. The number of rotatable bonds is 6. The standard InChI is InChI=1S/C18H26ClN3/c1-13(2)17-21-11-12-22(17)16(9-10-20)18(3,4)14-5-7-15(19)8-6-14/h5-8,11-13,16H,9-10,20H2,1-4H3. The maximum Gasteiger partial charge on any atom is 0.111 e. The molecule has 1 atom stereocenters. The molecule has 0 aliphatic heterocycles. The number of nitrogens with two attached hydrogens (primary N) is 1. The Morgan fingerprint density at radius 2 is 1.86 bits per heavy atom. The Labute approximate surface area is 138 Å². The molecule has 0 bridgehead atoms. The van der Waals surface area contributed by atoms with Crippen molar-refractivity contribution in [3.63, 3.8) is 0 Å². The van der Waals surface area contributed by atoms with Gasteiger partial charge in [0.1, 0.15) is 5.82 Å². The Balaban J connectivity index is 2.45.